The van der Waals surface area contributed by atoms with Gasteiger partial charge in [0.15, 0.2) is 0 Å². The Hall–Kier alpha value is -0.610. The second-order valence-electron chi connectivity index (χ2n) is 4.35. The summed E-state index contributed by atoms with van der Waals surface area (Å²) in [5.41, 5.74) is 1.18. The Bertz CT molecular complexity index is 348. The number of nitrogens with zero attached hydrogens (tertiary/aromatic N) is 1. The van der Waals surface area contributed by atoms with Gasteiger partial charge in [0.2, 0.25) is 0 Å². The molecule has 16 heavy (non-hydrogen) atoms. The molecule has 1 aromatic heterocycles. The van der Waals surface area contributed by atoms with Crippen LogP contribution in [-0.4, -0.2) is 24.1 Å². The lowest BCUT2D eigenvalue weighted by atomic mass is 10.1. The average molecular weight is 284 g/mol. The zero-order valence-electron chi connectivity index (χ0n) is 9.59. The van der Waals surface area contributed by atoms with E-state index in [1.54, 1.807) is 0 Å². The third-order valence-electron chi connectivity index (χ3n) is 2.93. The molecule has 0 amide bonds. The predicted octanol–water partition coefficient (Wildman–Crippen LogP) is 2.71. The minimum atomic E-state index is 0.691. The van der Waals surface area contributed by atoms with Crippen LogP contribution < -0.4 is 10.6 Å². The molecule has 1 atom stereocenters. The average Bonchev–Trinajstić information content (AvgIpc) is 2.74. The second kappa shape index (κ2) is 5.64. The molecule has 2 heterocycles. The first kappa shape index (κ1) is 11.9. The lowest BCUT2D eigenvalue weighted by Gasteiger charge is -2.12. The van der Waals surface area contributed by atoms with Crippen LogP contribution in [-0.2, 0) is 0 Å². The highest BCUT2D eigenvalue weighted by atomic mass is 79.9. The Kier molecular flexibility index (Phi) is 4.18. The van der Waals surface area contributed by atoms with E-state index in [0.29, 0.717) is 6.04 Å². The number of anilines is 1. The Morgan fingerprint density at radius 1 is 1.62 bits per heavy atom. The van der Waals surface area contributed by atoms with Gasteiger partial charge in [0, 0.05) is 18.8 Å². The minimum Gasteiger partial charge on any atom is -0.369 e. The number of nitrogens with one attached hydrogen (secondary N) is 2. The van der Waals surface area contributed by atoms with Crippen molar-refractivity contribution in [1.82, 2.24) is 10.3 Å². The number of hydrogen-bond acceptors (Lipinski definition) is 3. The summed E-state index contributed by atoms with van der Waals surface area (Å²) in [5.74, 6) is 0.948. The zero-order chi connectivity index (χ0) is 11.4. The highest BCUT2D eigenvalue weighted by Gasteiger charge is 2.13. The first-order chi connectivity index (χ1) is 7.75. The molecular weight excluding hydrogens is 266 g/mol. The van der Waals surface area contributed by atoms with Gasteiger partial charge in [-0.2, -0.15) is 0 Å². The largest absolute Gasteiger partial charge is 0.369 e. The Balaban J connectivity index is 1.80. The SMILES string of the molecule is Cc1cnc(NCC[C@H]2CCCN2)c(Br)c1. The standard InChI is InChI=1S/C12H18BrN3/c1-9-7-11(13)12(16-8-9)15-6-4-10-3-2-5-14-10/h7-8,10,14H,2-6H2,1H3,(H,15,16)/t10-/m1/s1. The predicted molar refractivity (Wildman–Crippen MR) is 70.8 cm³/mol. The summed E-state index contributed by atoms with van der Waals surface area (Å²) in [7, 11) is 0. The molecule has 0 aromatic carbocycles. The molecule has 0 radical (unpaired) electrons. The van der Waals surface area contributed by atoms with Crippen molar-refractivity contribution < 1.29 is 0 Å². The van der Waals surface area contributed by atoms with Crippen LogP contribution in [0.15, 0.2) is 16.7 Å². The van der Waals surface area contributed by atoms with Crippen LogP contribution >= 0.6 is 15.9 Å². The van der Waals surface area contributed by atoms with Gasteiger partial charge in [-0.3, -0.25) is 0 Å². The van der Waals surface area contributed by atoms with Gasteiger partial charge in [-0.25, -0.2) is 4.98 Å². The van der Waals surface area contributed by atoms with Crippen molar-refractivity contribution in [3.8, 4) is 0 Å². The molecule has 0 saturated carbocycles. The number of aromatic nitrogens is 1. The van der Waals surface area contributed by atoms with Gasteiger partial charge in [-0.1, -0.05) is 0 Å². The fourth-order valence-electron chi connectivity index (χ4n) is 2.03. The normalized spacial score (nSPS) is 20.0. The molecule has 4 heteroatoms. The summed E-state index contributed by atoms with van der Waals surface area (Å²) < 4.78 is 1.05. The molecule has 3 nitrogen and oxygen atoms in total. The van der Waals surface area contributed by atoms with E-state index in [-0.39, 0.29) is 0 Å². The molecule has 2 N–H and O–H groups in total. The third-order valence-corrected chi connectivity index (χ3v) is 3.53. The number of aryl methyl sites for hydroxylation is 1. The van der Waals surface area contributed by atoms with Gasteiger partial charge in [0.1, 0.15) is 5.82 Å². The molecule has 1 aliphatic rings. The maximum absolute atomic E-state index is 4.36. The Labute approximate surface area is 105 Å². The van der Waals surface area contributed by atoms with Crippen LogP contribution in [0.2, 0.25) is 0 Å². The highest BCUT2D eigenvalue weighted by Crippen LogP contribution is 2.20. The van der Waals surface area contributed by atoms with Gasteiger partial charge in [0.05, 0.1) is 4.47 Å². The van der Waals surface area contributed by atoms with Crippen molar-refractivity contribution in [2.24, 2.45) is 0 Å². The molecule has 2 rings (SSSR count). The van der Waals surface area contributed by atoms with E-state index in [4.69, 9.17) is 0 Å². The summed E-state index contributed by atoms with van der Waals surface area (Å²) in [6.45, 7) is 4.20. The topological polar surface area (TPSA) is 37.0 Å². The maximum atomic E-state index is 4.36. The van der Waals surface area contributed by atoms with E-state index in [1.165, 1.54) is 31.4 Å². The summed E-state index contributed by atoms with van der Waals surface area (Å²) in [6.07, 6.45) is 5.68. The molecule has 1 fully saturated rings. The van der Waals surface area contributed by atoms with E-state index in [1.807, 2.05) is 13.1 Å². The molecule has 1 aromatic rings. The van der Waals surface area contributed by atoms with Crippen LogP contribution in [0.25, 0.3) is 0 Å². The fraction of sp³-hybridized carbons (Fsp3) is 0.583. The molecule has 1 saturated heterocycles. The first-order valence-electron chi connectivity index (χ1n) is 5.85. The molecule has 0 aliphatic carbocycles. The number of pyridine rings is 1. The van der Waals surface area contributed by atoms with E-state index in [0.717, 1.165) is 16.8 Å². The van der Waals surface area contributed by atoms with Crippen molar-refractivity contribution in [3.05, 3.63) is 22.3 Å². The van der Waals surface area contributed by atoms with Gasteiger partial charge in [-0.15, -0.1) is 0 Å². The van der Waals surface area contributed by atoms with Crippen LogP contribution in [0.1, 0.15) is 24.8 Å². The number of rotatable bonds is 4. The van der Waals surface area contributed by atoms with Crippen molar-refractivity contribution in [2.75, 3.05) is 18.4 Å². The second-order valence-corrected chi connectivity index (χ2v) is 5.21. The van der Waals surface area contributed by atoms with E-state index in [9.17, 15) is 0 Å². The maximum Gasteiger partial charge on any atom is 0.140 e. The third kappa shape index (κ3) is 3.19. The van der Waals surface area contributed by atoms with Crippen molar-refractivity contribution in [2.45, 2.75) is 32.2 Å². The van der Waals surface area contributed by atoms with E-state index < -0.39 is 0 Å². The fourth-order valence-corrected chi connectivity index (χ4v) is 2.64. The van der Waals surface area contributed by atoms with Crippen LogP contribution in [0.4, 0.5) is 5.82 Å². The first-order valence-corrected chi connectivity index (χ1v) is 6.64. The molecule has 0 unspecified atom stereocenters. The van der Waals surface area contributed by atoms with Gasteiger partial charge >= 0.3 is 0 Å². The lowest BCUT2D eigenvalue weighted by molar-refractivity contribution is 0.574. The summed E-state index contributed by atoms with van der Waals surface area (Å²) >= 11 is 3.52. The molecule has 0 bridgehead atoms. The number of halogens is 1. The summed E-state index contributed by atoms with van der Waals surface area (Å²) in [5, 5.41) is 6.86. The van der Waals surface area contributed by atoms with Crippen LogP contribution in [0.3, 0.4) is 0 Å². The summed E-state index contributed by atoms with van der Waals surface area (Å²) in [6, 6.07) is 2.78. The number of hydrogen-bond donors (Lipinski definition) is 2. The molecule has 0 spiro atoms. The Morgan fingerprint density at radius 2 is 2.50 bits per heavy atom. The van der Waals surface area contributed by atoms with Gasteiger partial charge < -0.3 is 10.6 Å². The van der Waals surface area contributed by atoms with Crippen molar-refractivity contribution >= 4 is 21.7 Å². The lowest BCUT2D eigenvalue weighted by Crippen LogP contribution is -2.24. The minimum absolute atomic E-state index is 0.691. The smallest absolute Gasteiger partial charge is 0.140 e. The monoisotopic (exact) mass is 283 g/mol. The highest BCUT2D eigenvalue weighted by molar-refractivity contribution is 9.10. The van der Waals surface area contributed by atoms with Gasteiger partial charge in [-0.05, 0) is 60.3 Å². The quantitative estimate of drug-likeness (QED) is 0.892. The van der Waals surface area contributed by atoms with Crippen LogP contribution in [0.5, 0.6) is 0 Å². The van der Waals surface area contributed by atoms with Crippen molar-refractivity contribution in [3.63, 3.8) is 0 Å². The Morgan fingerprint density at radius 3 is 3.19 bits per heavy atom. The van der Waals surface area contributed by atoms with Crippen molar-refractivity contribution in [1.29, 1.82) is 0 Å². The molecule has 88 valence electrons. The van der Waals surface area contributed by atoms with Gasteiger partial charge in [0.25, 0.3) is 0 Å². The molecular formula is C12H18BrN3. The van der Waals surface area contributed by atoms with E-state index in [2.05, 4.69) is 37.6 Å². The zero-order valence-corrected chi connectivity index (χ0v) is 11.2. The molecule has 1 aliphatic heterocycles. The van der Waals surface area contributed by atoms with E-state index >= 15 is 0 Å². The summed E-state index contributed by atoms with van der Waals surface area (Å²) in [4.78, 5) is 4.36. The van der Waals surface area contributed by atoms with Crippen LogP contribution in [0, 0.1) is 6.92 Å².